The Bertz CT molecular complexity index is 3710. The molecule has 66 heavy (non-hydrogen) atoms. The van der Waals surface area contributed by atoms with E-state index in [1.807, 2.05) is 0 Å². The Labute approximate surface area is 386 Å². The van der Waals surface area contributed by atoms with Gasteiger partial charge in [-0.1, -0.05) is 267 Å². The highest BCUT2D eigenvalue weighted by atomic mass is 14.2. The Morgan fingerprint density at radius 1 is 0.197 bits per heavy atom. The number of benzene rings is 12. The van der Waals surface area contributed by atoms with Gasteiger partial charge in [0.25, 0.3) is 0 Å². The molecule has 0 heterocycles. The molecule has 0 heteroatoms. The van der Waals surface area contributed by atoms with Crippen molar-refractivity contribution in [1.82, 2.24) is 0 Å². The van der Waals surface area contributed by atoms with Crippen molar-refractivity contribution in [1.29, 1.82) is 0 Å². The molecule has 0 unspecified atom stereocenters. The van der Waals surface area contributed by atoms with E-state index in [1.165, 1.54) is 115 Å². The molecule has 0 aliphatic rings. The van der Waals surface area contributed by atoms with E-state index < -0.39 is 0 Å². The molecule has 308 valence electrons. The number of fused-ring (bicyclic) bond motifs is 4. The van der Waals surface area contributed by atoms with E-state index in [1.54, 1.807) is 0 Å². The molecular weight excluding hydrogens is 793 g/mol. The summed E-state index contributed by atoms with van der Waals surface area (Å²) >= 11 is 0. The van der Waals surface area contributed by atoms with Crippen molar-refractivity contribution >= 4 is 55.2 Å². The lowest BCUT2D eigenvalue weighted by Gasteiger charge is -2.21. The zero-order valence-electron chi connectivity index (χ0n) is 36.4. The van der Waals surface area contributed by atoms with Crippen LogP contribution in [0.25, 0.3) is 122 Å². The van der Waals surface area contributed by atoms with Crippen LogP contribution in [0.1, 0.15) is 11.1 Å². The highest BCUT2D eigenvalue weighted by Crippen LogP contribution is 2.49. The fraction of sp³-hybridized carbons (Fsp3) is 0. The first-order valence-electron chi connectivity index (χ1n) is 22.8. The monoisotopic (exact) mass is 836 g/mol. The standard InChI is InChI=1S/C66H44/c1-4-22-48(23-5-1)62-56-32-15-18-35-59(56)65(60-36-19-16-33-57(60)62)53-30-13-12-29-52(53)47-43-40-45(41-44-47)39-42-46-21-10-11-28-51(46)54-37-20-38-61-63(49-24-6-2-7-25-49)55-31-14-17-34-58(55)64(66(54)61)50-26-8-3-9-27-50/h1-44H. The van der Waals surface area contributed by atoms with Crippen molar-refractivity contribution in [2.24, 2.45) is 0 Å². The number of rotatable bonds is 8. The summed E-state index contributed by atoms with van der Waals surface area (Å²) in [6, 6.07) is 92.9. The van der Waals surface area contributed by atoms with Gasteiger partial charge in [-0.2, -0.15) is 0 Å². The van der Waals surface area contributed by atoms with Gasteiger partial charge in [-0.25, -0.2) is 0 Å². The lowest BCUT2D eigenvalue weighted by Crippen LogP contribution is -1.94. The largest absolute Gasteiger partial charge is 0.0622 e. The lowest BCUT2D eigenvalue weighted by atomic mass is 9.82. The molecule has 0 aliphatic heterocycles. The highest BCUT2D eigenvalue weighted by Gasteiger charge is 2.21. The molecule has 12 aromatic carbocycles. The molecule has 0 aliphatic carbocycles. The summed E-state index contributed by atoms with van der Waals surface area (Å²) in [4.78, 5) is 0. The first-order valence-corrected chi connectivity index (χ1v) is 22.8. The maximum Gasteiger partial charge on any atom is -0.00139 e. The van der Waals surface area contributed by atoms with Gasteiger partial charge in [0.2, 0.25) is 0 Å². The van der Waals surface area contributed by atoms with Crippen LogP contribution in [0.5, 0.6) is 0 Å². The Balaban J connectivity index is 0.963. The quantitative estimate of drug-likeness (QED) is 0.106. The van der Waals surface area contributed by atoms with Gasteiger partial charge < -0.3 is 0 Å². The molecule has 12 rings (SSSR count). The third-order valence-electron chi connectivity index (χ3n) is 13.3. The SMILES string of the molecule is C(=Cc1ccccc1-c1cccc2c(-c3ccccc3)c3ccccc3c(-c3ccccc3)c12)c1ccc(-c2ccccc2-c2c3ccccc3c(-c3ccccc3)c3ccccc23)cc1. The third kappa shape index (κ3) is 6.79. The molecule has 0 saturated carbocycles. The Morgan fingerprint density at radius 3 is 1.12 bits per heavy atom. The normalized spacial score (nSPS) is 11.6. The van der Waals surface area contributed by atoms with E-state index in [0.29, 0.717) is 0 Å². The van der Waals surface area contributed by atoms with Crippen LogP contribution in [0.3, 0.4) is 0 Å². The molecular formula is C66H44. The van der Waals surface area contributed by atoms with Crippen LogP contribution in [0, 0.1) is 0 Å². The fourth-order valence-electron chi connectivity index (χ4n) is 10.4. The van der Waals surface area contributed by atoms with Gasteiger partial charge in [0.15, 0.2) is 0 Å². The van der Waals surface area contributed by atoms with E-state index in [4.69, 9.17) is 0 Å². The molecule has 12 aromatic rings. The Kier molecular flexibility index (Phi) is 9.97. The van der Waals surface area contributed by atoms with Crippen molar-refractivity contribution in [2.75, 3.05) is 0 Å². The van der Waals surface area contributed by atoms with Crippen molar-refractivity contribution in [2.45, 2.75) is 0 Å². The lowest BCUT2D eigenvalue weighted by molar-refractivity contribution is 1.59. The van der Waals surface area contributed by atoms with Gasteiger partial charge in [0, 0.05) is 0 Å². The second-order valence-corrected chi connectivity index (χ2v) is 17.1. The number of hydrogen-bond acceptors (Lipinski definition) is 0. The summed E-state index contributed by atoms with van der Waals surface area (Å²) in [7, 11) is 0. The molecule has 0 amide bonds. The zero-order valence-corrected chi connectivity index (χ0v) is 36.4. The number of hydrogen-bond donors (Lipinski definition) is 0. The molecule has 0 nitrogen and oxygen atoms in total. The minimum absolute atomic E-state index is 1.15. The minimum atomic E-state index is 1.15. The summed E-state index contributed by atoms with van der Waals surface area (Å²) in [5, 5.41) is 10.1. The van der Waals surface area contributed by atoms with Crippen LogP contribution < -0.4 is 0 Å². The molecule has 0 bridgehead atoms. The van der Waals surface area contributed by atoms with Crippen LogP contribution in [-0.2, 0) is 0 Å². The van der Waals surface area contributed by atoms with E-state index in [2.05, 4.69) is 267 Å². The molecule has 0 atom stereocenters. The topological polar surface area (TPSA) is 0 Å². The third-order valence-corrected chi connectivity index (χ3v) is 13.3. The van der Waals surface area contributed by atoms with Crippen LogP contribution in [-0.4, -0.2) is 0 Å². The van der Waals surface area contributed by atoms with Crippen LogP contribution >= 0.6 is 0 Å². The smallest absolute Gasteiger partial charge is 0.00139 e. The maximum atomic E-state index is 2.31. The fourth-order valence-corrected chi connectivity index (χ4v) is 10.4. The second-order valence-electron chi connectivity index (χ2n) is 17.1. The van der Waals surface area contributed by atoms with E-state index in [9.17, 15) is 0 Å². The molecule has 0 radical (unpaired) electrons. The average molecular weight is 837 g/mol. The van der Waals surface area contributed by atoms with Crippen molar-refractivity contribution in [3.05, 3.63) is 266 Å². The molecule has 0 fully saturated rings. The summed E-state index contributed by atoms with van der Waals surface area (Å²) in [6.45, 7) is 0. The Morgan fingerprint density at radius 2 is 0.576 bits per heavy atom. The van der Waals surface area contributed by atoms with Gasteiger partial charge in [-0.05, 0) is 121 Å². The molecule has 0 N–H and O–H groups in total. The molecule has 0 saturated heterocycles. The van der Waals surface area contributed by atoms with E-state index >= 15 is 0 Å². The van der Waals surface area contributed by atoms with Gasteiger partial charge in [-0.15, -0.1) is 0 Å². The molecule has 0 aromatic heterocycles. The van der Waals surface area contributed by atoms with Crippen LogP contribution in [0.15, 0.2) is 255 Å². The minimum Gasteiger partial charge on any atom is -0.0622 e. The molecule has 0 spiro atoms. The predicted octanol–water partition coefficient (Wildman–Crippen LogP) is 18.5. The Hall–Kier alpha value is -8.58. The highest BCUT2D eigenvalue weighted by molar-refractivity contribution is 6.25. The first-order chi connectivity index (χ1) is 32.8. The predicted molar refractivity (Wildman–Crippen MR) is 284 cm³/mol. The van der Waals surface area contributed by atoms with Gasteiger partial charge >= 0.3 is 0 Å². The van der Waals surface area contributed by atoms with Gasteiger partial charge in [0.05, 0.1) is 0 Å². The van der Waals surface area contributed by atoms with Crippen molar-refractivity contribution < 1.29 is 0 Å². The summed E-state index contributed by atoms with van der Waals surface area (Å²) in [5.41, 5.74) is 17.1. The van der Waals surface area contributed by atoms with E-state index in [-0.39, 0.29) is 0 Å². The van der Waals surface area contributed by atoms with Gasteiger partial charge in [0.1, 0.15) is 0 Å². The summed E-state index contributed by atoms with van der Waals surface area (Å²) in [6.07, 6.45) is 4.54. The zero-order chi connectivity index (χ0) is 43.8. The second kappa shape index (κ2) is 16.8. The summed E-state index contributed by atoms with van der Waals surface area (Å²) in [5.74, 6) is 0. The van der Waals surface area contributed by atoms with E-state index in [0.717, 1.165) is 5.56 Å². The van der Waals surface area contributed by atoms with Gasteiger partial charge in [-0.3, -0.25) is 0 Å². The average Bonchev–Trinajstić information content (AvgIpc) is 3.39. The maximum absolute atomic E-state index is 2.31. The van der Waals surface area contributed by atoms with Crippen molar-refractivity contribution in [3.8, 4) is 66.8 Å². The van der Waals surface area contributed by atoms with Crippen molar-refractivity contribution in [3.63, 3.8) is 0 Å². The van der Waals surface area contributed by atoms with Crippen LogP contribution in [0.4, 0.5) is 0 Å². The first kappa shape index (κ1) is 39.0. The summed E-state index contributed by atoms with van der Waals surface area (Å²) < 4.78 is 0. The van der Waals surface area contributed by atoms with Crippen LogP contribution in [0.2, 0.25) is 0 Å².